The van der Waals surface area contributed by atoms with Crippen molar-refractivity contribution in [3.05, 3.63) is 33.8 Å². The van der Waals surface area contributed by atoms with Gasteiger partial charge in [-0.2, -0.15) is 0 Å². The van der Waals surface area contributed by atoms with Crippen LogP contribution in [0.5, 0.6) is 0 Å². The van der Waals surface area contributed by atoms with Crippen LogP contribution in [0.15, 0.2) is 18.2 Å². The van der Waals surface area contributed by atoms with Crippen molar-refractivity contribution >= 4 is 23.2 Å². The third-order valence-corrected chi connectivity index (χ3v) is 3.62. The van der Waals surface area contributed by atoms with Crippen LogP contribution >= 0.6 is 23.2 Å². The lowest BCUT2D eigenvalue weighted by Gasteiger charge is -2.15. The van der Waals surface area contributed by atoms with Gasteiger partial charge in [-0.15, -0.1) is 0 Å². The van der Waals surface area contributed by atoms with Gasteiger partial charge in [0, 0.05) is 19.6 Å². The van der Waals surface area contributed by atoms with Gasteiger partial charge in [-0.05, 0) is 11.6 Å². The SMILES string of the molecule is OC1CN(Cc2cccc(Cl)c2Cl)CC1O. The van der Waals surface area contributed by atoms with E-state index in [1.807, 2.05) is 17.0 Å². The molecule has 0 radical (unpaired) electrons. The van der Waals surface area contributed by atoms with Crippen molar-refractivity contribution in [1.82, 2.24) is 4.90 Å². The van der Waals surface area contributed by atoms with Crippen LogP contribution in [0.2, 0.25) is 10.0 Å². The van der Waals surface area contributed by atoms with Crippen molar-refractivity contribution < 1.29 is 10.2 Å². The summed E-state index contributed by atoms with van der Waals surface area (Å²) in [7, 11) is 0. The Morgan fingerprint density at radius 2 is 1.81 bits per heavy atom. The fourth-order valence-corrected chi connectivity index (χ4v) is 2.27. The van der Waals surface area contributed by atoms with Gasteiger partial charge in [0.15, 0.2) is 0 Å². The molecule has 1 heterocycles. The minimum Gasteiger partial charge on any atom is -0.389 e. The maximum Gasteiger partial charge on any atom is 0.0938 e. The Bertz CT molecular complexity index is 376. The smallest absolute Gasteiger partial charge is 0.0938 e. The van der Waals surface area contributed by atoms with E-state index in [1.54, 1.807) is 6.07 Å². The van der Waals surface area contributed by atoms with Gasteiger partial charge in [0.25, 0.3) is 0 Å². The molecule has 1 fully saturated rings. The van der Waals surface area contributed by atoms with E-state index in [4.69, 9.17) is 23.2 Å². The van der Waals surface area contributed by atoms with Gasteiger partial charge in [-0.1, -0.05) is 35.3 Å². The predicted molar refractivity (Wildman–Crippen MR) is 63.8 cm³/mol. The Hall–Kier alpha value is -0.320. The molecule has 0 spiro atoms. The highest BCUT2D eigenvalue weighted by Gasteiger charge is 2.29. The summed E-state index contributed by atoms with van der Waals surface area (Å²) in [5.41, 5.74) is 0.912. The summed E-state index contributed by atoms with van der Waals surface area (Å²) in [5.74, 6) is 0. The second kappa shape index (κ2) is 4.90. The van der Waals surface area contributed by atoms with E-state index in [0.717, 1.165) is 5.56 Å². The average Bonchev–Trinajstić information content (AvgIpc) is 2.54. The number of hydrogen-bond donors (Lipinski definition) is 2. The molecule has 1 aromatic carbocycles. The van der Waals surface area contributed by atoms with E-state index in [0.29, 0.717) is 29.7 Å². The van der Waals surface area contributed by atoms with Gasteiger partial charge in [0.1, 0.15) is 0 Å². The molecule has 2 unspecified atom stereocenters. The molecule has 0 saturated carbocycles. The number of hydrogen-bond acceptors (Lipinski definition) is 3. The Balaban J connectivity index is 2.08. The topological polar surface area (TPSA) is 43.7 Å². The van der Waals surface area contributed by atoms with Gasteiger partial charge in [0.2, 0.25) is 0 Å². The van der Waals surface area contributed by atoms with Crippen molar-refractivity contribution in [2.45, 2.75) is 18.8 Å². The molecular formula is C11H13Cl2NO2. The van der Waals surface area contributed by atoms with E-state index < -0.39 is 12.2 Å². The van der Waals surface area contributed by atoms with E-state index in [-0.39, 0.29) is 0 Å². The van der Waals surface area contributed by atoms with E-state index in [2.05, 4.69) is 0 Å². The summed E-state index contributed by atoms with van der Waals surface area (Å²) >= 11 is 12.0. The normalized spacial score (nSPS) is 26.2. The van der Waals surface area contributed by atoms with Gasteiger partial charge < -0.3 is 10.2 Å². The van der Waals surface area contributed by atoms with Crippen molar-refractivity contribution in [3.63, 3.8) is 0 Å². The maximum absolute atomic E-state index is 9.42. The summed E-state index contributed by atoms with van der Waals surface area (Å²) in [6.45, 7) is 1.52. The standard InChI is InChI=1S/C11H13Cl2NO2/c12-8-3-1-2-7(11(8)13)4-14-5-9(15)10(16)6-14/h1-3,9-10,15-16H,4-6H2. The number of nitrogens with zero attached hydrogens (tertiary/aromatic N) is 1. The third-order valence-electron chi connectivity index (χ3n) is 2.76. The number of halogens is 2. The van der Waals surface area contributed by atoms with Crippen LogP contribution in [-0.2, 0) is 6.54 Å². The predicted octanol–water partition coefficient (Wildman–Crippen LogP) is 1.53. The van der Waals surface area contributed by atoms with Crippen LogP contribution < -0.4 is 0 Å². The lowest BCUT2D eigenvalue weighted by atomic mass is 10.2. The van der Waals surface area contributed by atoms with Crippen LogP contribution in [0, 0.1) is 0 Å². The minimum atomic E-state index is -0.669. The first kappa shape index (κ1) is 12.1. The fourth-order valence-electron chi connectivity index (χ4n) is 1.89. The largest absolute Gasteiger partial charge is 0.389 e. The lowest BCUT2D eigenvalue weighted by Crippen LogP contribution is -2.22. The van der Waals surface area contributed by atoms with Crippen LogP contribution in [-0.4, -0.2) is 40.4 Å². The molecule has 1 aliphatic rings. The number of likely N-dealkylation sites (tertiary alicyclic amines) is 1. The number of β-amino-alcohol motifs (C(OH)–C–C–N with tert-alkyl or cyclic N) is 2. The van der Waals surface area contributed by atoms with E-state index >= 15 is 0 Å². The number of aliphatic hydroxyl groups is 2. The first-order valence-electron chi connectivity index (χ1n) is 5.09. The van der Waals surface area contributed by atoms with Crippen LogP contribution in [0.1, 0.15) is 5.56 Å². The average molecular weight is 262 g/mol. The van der Waals surface area contributed by atoms with Crippen molar-refractivity contribution in [1.29, 1.82) is 0 Å². The first-order valence-corrected chi connectivity index (χ1v) is 5.85. The molecule has 16 heavy (non-hydrogen) atoms. The summed E-state index contributed by atoms with van der Waals surface area (Å²) in [6, 6.07) is 5.47. The molecule has 1 aliphatic heterocycles. The molecule has 1 saturated heterocycles. The molecule has 2 rings (SSSR count). The highest BCUT2D eigenvalue weighted by Crippen LogP contribution is 2.27. The molecular weight excluding hydrogens is 249 g/mol. The van der Waals surface area contributed by atoms with Crippen LogP contribution in [0.3, 0.4) is 0 Å². The van der Waals surface area contributed by atoms with Crippen molar-refractivity contribution in [3.8, 4) is 0 Å². The van der Waals surface area contributed by atoms with Crippen molar-refractivity contribution in [2.24, 2.45) is 0 Å². The monoisotopic (exact) mass is 261 g/mol. The molecule has 2 atom stereocenters. The quantitative estimate of drug-likeness (QED) is 0.849. The molecule has 0 bridgehead atoms. The lowest BCUT2D eigenvalue weighted by molar-refractivity contribution is 0.0572. The highest BCUT2D eigenvalue weighted by molar-refractivity contribution is 6.42. The van der Waals surface area contributed by atoms with Crippen LogP contribution in [0.25, 0.3) is 0 Å². The molecule has 0 aromatic heterocycles. The molecule has 0 aliphatic carbocycles. The Morgan fingerprint density at radius 3 is 2.44 bits per heavy atom. The van der Waals surface area contributed by atoms with Gasteiger partial charge in [0.05, 0.1) is 22.3 Å². The second-order valence-electron chi connectivity index (χ2n) is 4.04. The fraction of sp³-hybridized carbons (Fsp3) is 0.455. The Kier molecular flexibility index (Phi) is 3.72. The summed E-state index contributed by atoms with van der Waals surface area (Å²) < 4.78 is 0. The summed E-state index contributed by atoms with van der Waals surface area (Å²) in [5, 5.41) is 19.9. The molecule has 0 amide bonds. The number of aliphatic hydroxyl groups excluding tert-OH is 2. The molecule has 5 heteroatoms. The van der Waals surface area contributed by atoms with E-state index in [1.165, 1.54) is 0 Å². The first-order chi connectivity index (χ1) is 7.58. The number of benzene rings is 1. The van der Waals surface area contributed by atoms with Gasteiger partial charge >= 0.3 is 0 Å². The second-order valence-corrected chi connectivity index (χ2v) is 4.83. The summed E-state index contributed by atoms with van der Waals surface area (Å²) in [6.07, 6.45) is -1.34. The van der Waals surface area contributed by atoms with E-state index in [9.17, 15) is 10.2 Å². The van der Waals surface area contributed by atoms with Gasteiger partial charge in [-0.25, -0.2) is 0 Å². The van der Waals surface area contributed by atoms with Crippen LogP contribution in [0.4, 0.5) is 0 Å². The van der Waals surface area contributed by atoms with Crippen molar-refractivity contribution in [2.75, 3.05) is 13.1 Å². The minimum absolute atomic E-state index is 0.462. The zero-order valence-electron chi connectivity index (χ0n) is 8.61. The maximum atomic E-state index is 9.42. The molecule has 3 nitrogen and oxygen atoms in total. The molecule has 88 valence electrons. The molecule has 2 N–H and O–H groups in total. The summed E-state index contributed by atoms with van der Waals surface area (Å²) in [4.78, 5) is 1.95. The third kappa shape index (κ3) is 2.50. The zero-order valence-corrected chi connectivity index (χ0v) is 10.1. The highest BCUT2D eigenvalue weighted by atomic mass is 35.5. The number of rotatable bonds is 2. The zero-order chi connectivity index (χ0) is 11.7. The van der Waals surface area contributed by atoms with Gasteiger partial charge in [-0.3, -0.25) is 4.90 Å². The molecule has 1 aromatic rings. The Morgan fingerprint density at radius 1 is 1.19 bits per heavy atom. The Labute approximate surface area is 104 Å².